The van der Waals surface area contributed by atoms with Crippen molar-refractivity contribution >= 4 is 6.03 Å². The van der Waals surface area contributed by atoms with E-state index in [2.05, 4.69) is 5.32 Å². The molecule has 2 fully saturated rings. The number of piperidine rings is 1. The van der Waals surface area contributed by atoms with Gasteiger partial charge in [-0.3, -0.25) is 0 Å². The Morgan fingerprint density at radius 1 is 1.43 bits per heavy atom. The van der Waals surface area contributed by atoms with Crippen LogP contribution in [-0.2, 0) is 4.74 Å². The maximum absolute atomic E-state index is 12.7. The van der Waals surface area contributed by atoms with Crippen molar-refractivity contribution in [3.63, 3.8) is 0 Å². The summed E-state index contributed by atoms with van der Waals surface area (Å²) in [6.07, 6.45) is -3.84. The molecule has 0 aromatic carbocycles. The number of hydrogen-bond donors (Lipinski definition) is 2. The Morgan fingerprint density at radius 2 is 2.05 bits per heavy atom. The first-order valence-electron chi connectivity index (χ1n) is 7.19. The van der Waals surface area contributed by atoms with Crippen molar-refractivity contribution in [2.24, 2.45) is 0 Å². The van der Waals surface area contributed by atoms with Gasteiger partial charge in [0.05, 0.1) is 12.1 Å². The lowest BCUT2D eigenvalue weighted by Gasteiger charge is -2.39. The second kappa shape index (κ2) is 6.00. The summed E-state index contributed by atoms with van der Waals surface area (Å²) >= 11 is 0. The summed E-state index contributed by atoms with van der Waals surface area (Å²) in [5.41, 5.74) is -2.68. The number of hydrogen-bond acceptors (Lipinski definition) is 3. The molecule has 122 valence electrons. The number of urea groups is 1. The number of carbonyl (C=O) groups is 1. The van der Waals surface area contributed by atoms with Gasteiger partial charge in [-0.2, -0.15) is 13.2 Å². The van der Waals surface area contributed by atoms with Crippen LogP contribution in [0.2, 0.25) is 0 Å². The molecule has 0 bridgehead atoms. The van der Waals surface area contributed by atoms with E-state index >= 15 is 0 Å². The zero-order valence-corrected chi connectivity index (χ0v) is 11.9. The Hall–Kier alpha value is -1.02. The Balaban J connectivity index is 1.83. The van der Waals surface area contributed by atoms with E-state index < -0.39 is 30.7 Å². The van der Waals surface area contributed by atoms with Gasteiger partial charge in [0.15, 0.2) is 5.60 Å². The molecule has 8 heteroatoms. The molecule has 2 amide bonds. The lowest BCUT2D eigenvalue weighted by Crippen LogP contribution is -2.57. The number of carbonyl (C=O) groups excluding carboxylic acids is 1. The molecule has 0 radical (unpaired) electrons. The third-order valence-electron chi connectivity index (χ3n) is 4.28. The van der Waals surface area contributed by atoms with Crippen molar-refractivity contribution in [1.29, 1.82) is 0 Å². The van der Waals surface area contributed by atoms with Crippen LogP contribution in [0.3, 0.4) is 0 Å². The summed E-state index contributed by atoms with van der Waals surface area (Å²) in [4.78, 5) is 13.3. The number of ether oxygens (including phenoxy) is 1. The summed E-state index contributed by atoms with van der Waals surface area (Å²) in [7, 11) is 0. The number of alkyl halides is 3. The molecule has 0 saturated carbocycles. The van der Waals surface area contributed by atoms with Crippen molar-refractivity contribution in [3.05, 3.63) is 0 Å². The summed E-state index contributed by atoms with van der Waals surface area (Å²) in [6, 6.07) is -0.578. The molecule has 0 aromatic heterocycles. The van der Waals surface area contributed by atoms with Gasteiger partial charge in [-0.15, -0.1) is 0 Å². The van der Waals surface area contributed by atoms with Crippen LogP contribution in [0, 0.1) is 0 Å². The van der Waals surface area contributed by atoms with E-state index in [1.807, 2.05) is 6.92 Å². The highest BCUT2D eigenvalue weighted by Crippen LogP contribution is 2.38. The molecule has 21 heavy (non-hydrogen) atoms. The highest BCUT2D eigenvalue weighted by molar-refractivity contribution is 5.74. The minimum atomic E-state index is -4.65. The summed E-state index contributed by atoms with van der Waals surface area (Å²) in [5.74, 6) is 0. The van der Waals surface area contributed by atoms with Crippen molar-refractivity contribution in [2.45, 2.75) is 56.5 Å². The SMILES string of the molecule is CC(NC(=O)N1CCC(O)(C(F)(F)F)CC1)C1CCCO1. The van der Waals surface area contributed by atoms with Crippen LogP contribution < -0.4 is 5.32 Å². The van der Waals surface area contributed by atoms with E-state index in [0.717, 1.165) is 12.8 Å². The van der Waals surface area contributed by atoms with Gasteiger partial charge in [-0.1, -0.05) is 0 Å². The second-order valence-electron chi connectivity index (χ2n) is 5.81. The minimum absolute atomic E-state index is 0.0363. The van der Waals surface area contributed by atoms with Crippen LogP contribution in [0.5, 0.6) is 0 Å². The van der Waals surface area contributed by atoms with E-state index in [0.29, 0.717) is 6.61 Å². The Morgan fingerprint density at radius 3 is 2.52 bits per heavy atom. The molecule has 2 aliphatic heterocycles. The van der Waals surface area contributed by atoms with Crippen molar-refractivity contribution in [2.75, 3.05) is 19.7 Å². The van der Waals surface area contributed by atoms with Crippen LogP contribution in [0.4, 0.5) is 18.0 Å². The average molecular weight is 310 g/mol. The van der Waals surface area contributed by atoms with E-state index in [-0.39, 0.29) is 25.2 Å². The molecule has 0 spiro atoms. The molecule has 0 aromatic rings. The van der Waals surface area contributed by atoms with E-state index in [1.54, 1.807) is 0 Å². The highest BCUT2D eigenvalue weighted by Gasteiger charge is 2.54. The third kappa shape index (κ3) is 3.60. The van der Waals surface area contributed by atoms with Crippen LogP contribution in [0.1, 0.15) is 32.6 Å². The number of halogens is 3. The minimum Gasteiger partial charge on any atom is -0.380 e. The van der Waals surface area contributed by atoms with Crippen LogP contribution in [0.25, 0.3) is 0 Å². The van der Waals surface area contributed by atoms with Crippen molar-refractivity contribution in [1.82, 2.24) is 10.2 Å². The Kier molecular flexibility index (Phi) is 4.67. The normalized spacial score (nSPS) is 27.5. The van der Waals surface area contributed by atoms with Crippen LogP contribution in [0.15, 0.2) is 0 Å². The average Bonchev–Trinajstić information content (AvgIpc) is 2.92. The van der Waals surface area contributed by atoms with Crippen molar-refractivity contribution < 1.29 is 27.8 Å². The second-order valence-corrected chi connectivity index (χ2v) is 5.81. The molecule has 2 aliphatic rings. The largest absolute Gasteiger partial charge is 0.417 e. The van der Waals surface area contributed by atoms with Gasteiger partial charge in [0, 0.05) is 32.5 Å². The molecule has 2 atom stereocenters. The number of nitrogens with one attached hydrogen (secondary N) is 1. The number of amides is 2. The topological polar surface area (TPSA) is 61.8 Å². The number of aliphatic hydroxyl groups is 1. The molecule has 2 N–H and O–H groups in total. The summed E-state index contributed by atoms with van der Waals surface area (Å²) < 4.78 is 43.5. The molecule has 5 nitrogen and oxygen atoms in total. The quantitative estimate of drug-likeness (QED) is 0.815. The monoisotopic (exact) mass is 310 g/mol. The Bertz CT molecular complexity index is 375. The molecular weight excluding hydrogens is 289 g/mol. The fourth-order valence-electron chi connectivity index (χ4n) is 2.74. The lowest BCUT2D eigenvalue weighted by molar-refractivity contribution is -0.271. The van der Waals surface area contributed by atoms with E-state index in [9.17, 15) is 23.1 Å². The summed E-state index contributed by atoms with van der Waals surface area (Å²) in [5, 5.41) is 12.3. The zero-order valence-electron chi connectivity index (χ0n) is 11.9. The van der Waals surface area contributed by atoms with Crippen LogP contribution >= 0.6 is 0 Å². The van der Waals surface area contributed by atoms with Gasteiger partial charge >= 0.3 is 12.2 Å². The van der Waals surface area contributed by atoms with E-state index in [1.165, 1.54) is 4.90 Å². The lowest BCUT2D eigenvalue weighted by atomic mass is 9.91. The number of likely N-dealkylation sites (tertiary alicyclic amines) is 1. The Labute approximate surface area is 121 Å². The smallest absolute Gasteiger partial charge is 0.380 e. The fourth-order valence-corrected chi connectivity index (χ4v) is 2.74. The third-order valence-corrected chi connectivity index (χ3v) is 4.28. The number of rotatable bonds is 2. The first kappa shape index (κ1) is 16.4. The molecule has 2 unspecified atom stereocenters. The van der Waals surface area contributed by atoms with Gasteiger partial charge in [0.2, 0.25) is 0 Å². The highest BCUT2D eigenvalue weighted by atomic mass is 19.4. The molecule has 2 rings (SSSR count). The molecule has 0 aliphatic carbocycles. The first-order valence-corrected chi connectivity index (χ1v) is 7.19. The van der Waals surface area contributed by atoms with Gasteiger partial charge < -0.3 is 20.1 Å². The van der Waals surface area contributed by atoms with Gasteiger partial charge in [-0.05, 0) is 19.8 Å². The van der Waals surface area contributed by atoms with Crippen molar-refractivity contribution in [3.8, 4) is 0 Å². The standard InChI is InChI=1S/C13H21F3N2O3/c1-9(10-3-2-8-21-10)17-11(19)18-6-4-12(20,5-7-18)13(14,15)16/h9-10,20H,2-8H2,1H3,(H,17,19). The van der Waals surface area contributed by atoms with Gasteiger partial charge in [-0.25, -0.2) is 4.79 Å². The molecule has 2 heterocycles. The maximum Gasteiger partial charge on any atom is 0.417 e. The zero-order chi connectivity index (χ0) is 15.7. The van der Waals surface area contributed by atoms with Crippen LogP contribution in [-0.4, -0.2) is 59.7 Å². The maximum atomic E-state index is 12.7. The fraction of sp³-hybridized carbons (Fsp3) is 0.923. The molecular formula is C13H21F3N2O3. The predicted octanol–water partition coefficient (Wildman–Crippen LogP) is 1.65. The van der Waals surface area contributed by atoms with E-state index in [4.69, 9.17) is 4.74 Å². The summed E-state index contributed by atoms with van der Waals surface area (Å²) in [6.45, 7) is 2.28. The van der Waals surface area contributed by atoms with Gasteiger partial charge in [0.1, 0.15) is 0 Å². The number of nitrogens with zero attached hydrogens (tertiary/aromatic N) is 1. The van der Waals surface area contributed by atoms with Gasteiger partial charge in [0.25, 0.3) is 0 Å². The first-order chi connectivity index (χ1) is 9.73. The predicted molar refractivity (Wildman–Crippen MR) is 68.8 cm³/mol. The molecule has 2 saturated heterocycles.